The number of anilines is 1. The van der Waals surface area contributed by atoms with E-state index >= 15 is 0 Å². The molecular formula is C27H31ClN4O3. The third kappa shape index (κ3) is 5.26. The van der Waals surface area contributed by atoms with E-state index in [9.17, 15) is 4.79 Å². The molecule has 2 aromatic carbocycles. The summed E-state index contributed by atoms with van der Waals surface area (Å²) in [7, 11) is 3.34. The first kappa shape index (κ1) is 24.9. The number of rotatable bonds is 9. The first-order valence-corrected chi connectivity index (χ1v) is 12.3. The molecule has 1 aromatic heterocycles. The molecule has 1 aliphatic rings. The molecule has 0 radical (unpaired) electrons. The van der Waals surface area contributed by atoms with Crippen molar-refractivity contribution in [1.82, 2.24) is 15.3 Å². The van der Waals surface area contributed by atoms with Crippen molar-refractivity contribution in [2.45, 2.75) is 45.3 Å². The van der Waals surface area contributed by atoms with Gasteiger partial charge in [-0.05, 0) is 49.2 Å². The Morgan fingerprint density at radius 2 is 1.89 bits per heavy atom. The van der Waals surface area contributed by atoms with Crippen LogP contribution in [0.1, 0.15) is 42.4 Å². The van der Waals surface area contributed by atoms with Crippen LogP contribution in [-0.2, 0) is 28.8 Å². The van der Waals surface area contributed by atoms with E-state index in [1.165, 1.54) is 0 Å². The average molecular weight is 495 g/mol. The van der Waals surface area contributed by atoms with Crippen LogP contribution < -0.4 is 15.4 Å². The number of halogens is 1. The van der Waals surface area contributed by atoms with Crippen LogP contribution in [0.4, 0.5) is 5.82 Å². The Morgan fingerprint density at radius 1 is 1.11 bits per heavy atom. The fourth-order valence-corrected chi connectivity index (χ4v) is 4.74. The van der Waals surface area contributed by atoms with E-state index < -0.39 is 0 Å². The van der Waals surface area contributed by atoms with Gasteiger partial charge in [-0.15, -0.1) is 0 Å². The lowest BCUT2D eigenvalue weighted by Crippen LogP contribution is -2.31. The molecule has 0 amide bonds. The molecule has 0 saturated carbocycles. The number of ether oxygens (including phenoxy) is 2. The van der Waals surface area contributed by atoms with Crippen LogP contribution >= 0.6 is 11.6 Å². The predicted octanol–water partition coefficient (Wildman–Crippen LogP) is 4.77. The standard InChI is InChI=1S/C27H31ClN4O3/c1-5-21-25(19-12-11-17(34-4)14-20(19)28)30-22(6-2)27(31-21)32-26-18-10-8-7-9-16(18)13-23(26)35-24(33)15-29-3/h7-12,14,23,26,29H,5-6,13,15H2,1-4H3,(H,31,32)/t23-,26+/m0/s1. The van der Waals surface area contributed by atoms with Gasteiger partial charge in [0.25, 0.3) is 0 Å². The fourth-order valence-electron chi connectivity index (χ4n) is 4.48. The lowest BCUT2D eigenvalue weighted by molar-refractivity contribution is -0.148. The van der Waals surface area contributed by atoms with Crippen LogP contribution in [0.25, 0.3) is 11.3 Å². The zero-order valence-corrected chi connectivity index (χ0v) is 21.3. The smallest absolute Gasteiger partial charge is 0.320 e. The summed E-state index contributed by atoms with van der Waals surface area (Å²) in [5.41, 5.74) is 5.53. The minimum Gasteiger partial charge on any atom is -0.497 e. The van der Waals surface area contributed by atoms with Crippen LogP contribution in [0.5, 0.6) is 5.75 Å². The number of benzene rings is 2. The molecule has 7 nitrogen and oxygen atoms in total. The molecule has 1 heterocycles. The minimum atomic E-state index is -0.333. The Balaban J connectivity index is 1.71. The largest absolute Gasteiger partial charge is 0.497 e. The van der Waals surface area contributed by atoms with E-state index in [1.807, 2.05) is 38.1 Å². The van der Waals surface area contributed by atoms with Crippen molar-refractivity contribution < 1.29 is 14.3 Å². The van der Waals surface area contributed by atoms with E-state index in [2.05, 4.69) is 22.8 Å². The number of carbonyl (C=O) groups excluding carboxylic acids is 1. The second kappa shape index (κ2) is 11.1. The summed E-state index contributed by atoms with van der Waals surface area (Å²) >= 11 is 6.58. The van der Waals surface area contributed by atoms with Gasteiger partial charge in [0.15, 0.2) is 0 Å². The molecule has 0 unspecified atom stereocenters. The van der Waals surface area contributed by atoms with Crippen LogP contribution in [0.3, 0.4) is 0 Å². The predicted molar refractivity (Wildman–Crippen MR) is 138 cm³/mol. The summed E-state index contributed by atoms with van der Waals surface area (Å²) in [6.45, 7) is 4.26. The number of aryl methyl sites for hydroxylation is 2. The molecule has 4 rings (SSSR count). The molecule has 0 saturated heterocycles. The lowest BCUT2D eigenvalue weighted by atomic mass is 10.1. The number of fused-ring (bicyclic) bond motifs is 1. The van der Waals surface area contributed by atoms with Crippen molar-refractivity contribution in [3.63, 3.8) is 0 Å². The molecule has 2 atom stereocenters. The zero-order chi connectivity index (χ0) is 24.9. The van der Waals surface area contributed by atoms with Gasteiger partial charge >= 0.3 is 5.97 Å². The summed E-state index contributed by atoms with van der Waals surface area (Å²) in [5, 5.41) is 7.00. The highest BCUT2D eigenvalue weighted by Crippen LogP contribution is 2.38. The highest BCUT2D eigenvalue weighted by molar-refractivity contribution is 6.33. The molecule has 1 aliphatic carbocycles. The van der Waals surface area contributed by atoms with Gasteiger partial charge < -0.3 is 20.1 Å². The first-order chi connectivity index (χ1) is 17.0. The molecule has 184 valence electrons. The Hall–Kier alpha value is -3.16. The summed E-state index contributed by atoms with van der Waals surface area (Å²) in [6.07, 6.45) is 1.68. The van der Waals surface area contributed by atoms with Gasteiger partial charge in [0.1, 0.15) is 17.7 Å². The molecule has 0 fully saturated rings. The summed E-state index contributed by atoms with van der Waals surface area (Å²) < 4.78 is 11.1. The minimum absolute atomic E-state index is 0.164. The van der Waals surface area contributed by atoms with E-state index in [0.29, 0.717) is 35.9 Å². The number of methoxy groups -OCH3 is 1. The Kier molecular flexibility index (Phi) is 7.88. The third-order valence-electron chi connectivity index (χ3n) is 6.22. The van der Waals surface area contributed by atoms with Gasteiger partial charge in [0.2, 0.25) is 0 Å². The van der Waals surface area contributed by atoms with E-state index in [-0.39, 0.29) is 24.7 Å². The molecule has 3 aromatic rings. The van der Waals surface area contributed by atoms with Crippen LogP contribution in [0.2, 0.25) is 5.02 Å². The number of carbonyl (C=O) groups is 1. The van der Waals surface area contributed by atoms with Gasteiger partial charge in [0, 0.05) is 12.0 Å². The topological polar surface area (TPSA) is 85.4 Å². The van der Waals surface area contributed by atoms with E-state index in [1.54, 1.807) is 20.2 Å². The maximum Gasteiger partial charge on any atom is 0.320 e. The lowest BCUT2D eigenvalue weighted by Gasteiger charge is -2.24. The van der Waals surface area contributed by atoms with Crippen LogP contribution in [0.15, 0.2) is 42.5 Å². The van der Waals surface area contributed by atoms with Crippen molar-refractivity contribution in [2.75, 3.05) is 26.0 Å². The normalized spacial score (nSPS) is 16.6. The average Bonchev–Trinajstić information content (AvgIpc) is 3.20. The van der Waals surface area contributed by atoms with Gasteiger partial charge in [-0.1, -0.05) is 49.7 Å². The monoisotopic (exact) mass is 494 g/mol. The van der Waals surface area contributed by atoms with Crippen LogP contribution in [0, 0.1) is 0 Å². The Bertz CT molecular complexity index is 1220. The molecule has 0 aliphatic heterocycles. The molecule has 2 N–H and O–H groups in total. The van der Waals surface area contributed by atoms with Crippen molar-refractivity contribution in [3.8, 4) is 17.0 Å². The van der Waals surface area contributed by atoms with E-state index in [0.717, 1.165) is 33.8 Å². The Morgan fingerprint density at radius 3 is 2.57 bits per heavy atom. The molecule has 8 heteroatoms. The van der Waals surface area contributed by atoms with Gasteiger partial charge in [-0.2, -0.15) is 0 Å². The summed E-state index contributed by atoms with van der Waals surface area (Å²) in [6, 6.07) is 13.5. The zero-order valence-electron chi connectivity index (χ0n) is 20.5. The number of likely N-dealkylation sites (N-methyl/N-ethyl adjacent to an activating group) is 1. The van der Waals surface area contributed by atoms with Gasteiger partial charge in [0.05, 0.1) is 41.8 Å². The highest BCUT2D eigenvalue weighted by atomic mass is 35.5. The van der Waals surface area contributed by atoms with Crippen molar-refractivity contribution in [3.05, 3.63) is 70.0 Å². The van der Waals surface area contributed by atoms with E-state index in [4.69, 9.17) is 31.0 Å². The number of nitrogens with one attached hydrogen (secondary N) is 2. The second-order valence-electron chi connectivity index (χ2n) is 8.45. The van der Waals surface area contributed by atoms with Crippen molar-refractivity contribution in [2.24, 2.45) is 0 Å². The third-order valence-corrected chi connectivity index (χ3v) is 6.53. The van der Waals surface area contributed by atoms with Crippen molar-refractivity contribution >= 4 is 23.4 Å². The van der Waals surface area contributed by atoms with Crippen LogP contribution in [-0.4, -0.2) is 42.7 Å². The number of aromatic nitrogens is 2. The quantitative estimate of drug-likeness (QED) is 0.414. The Labute approximate surface area is 211 Å². The molecule has 0 spiro atoms. The highest BCUT2D eigenvalue weighted by Gasteiger charge is 2.36. The maximum atomic E-state index is 12.3. The van der Waals surface area contributed by atoms with Gasteiger partial charge in [-0.3, -0.25) is 4.79 Å². The molecular weight excluding hydrogens is 464 g/mol. The number of hydrogen-bond acceptors (Lipinski definition) is 7. The number of hydrogen-bond donors (Lipinski definition) is 2. The second-order valence-corrected chi connectivity index (χ2v) is 8.86. The number of esters is 1. The molecule has 35 heavy (non-hydrogen) atoms. The van der Waals surface area contributed by atoms with Gasteiger partial charge in [-0.25, -0.2) is 9.97 Å². The SMILES string of the molecule is CCc1nc(-c2ccc(OC)cc2Cl)c(CC)nc1N[C@@H]1c2ccccc2C[C@@H]1OC(=O)CNC. The molecule has 0 bridgehead atoms. The fraction of sp³-hybridized carbons (Fsp3) is 0.370. The maximum absolute atomic E-state index is 12.3. The number of nitrogens with zero attached hydrogens (tertiary/aromatic N) is 2. The summed E-state index contributed by atoms with van der Waals surface area (Å²) in [5.74, 6) is 1.12. The first-order valence-electron chi connectivity index (χ1n) is 11.9. The summed E-state index contributed by atoms with van der Waals surface area (Å²) in [4.78, 5) is 22.3. The van der Waals surface area contributed by atoms with Crippen molar-refractivity contribution in [1.29, 1.82) is 0 Å².